The van der Waals surface area contributed by atoms with Gasteiger partial charge in [0.2, 0.25) is 5.91 Å². The van der Waals surface area contributed by atoms with Crippen LogP contribution in [0.2, 0.25) is 0 Å². The molecule has 2 aliphatic rings. The van der Waals surface area contributed by atoms with Crippen LogP contribution < -0.4 is 10.6 Å². The van der Waals surface area contributed by atoms with Gasteiger partial charge in [0.15, 0.2) is 0 Å². The van der Waals surface area contributed by atoms with Crippen LogP contribution in [0.15, 0.2) is 0 Å². The maximum atomic E-state index is 11.7. The molecule has 1 amide bonds. The Morgan fingerprint density at radius 1 is 1.53 bits per heavy atom. The third kappa shape index (κ3) is 3.96. The molecular formula is C13H24N2O2. The zero-order valence-electron chi connectivity index (χ0n) is 10.8. The van der Waals surface area contributed by atoms with Crippen molar-refractivity contribution in [3.8, 4) is 0 Å². The molecule has 2 heterocycles. The number of carbonyl (C=O) groups excluding carboxylic acids is 1. The first-order valence-electron chi connectivity index (χ1n) is 6.82. The van der Waals surface area contributed by atoms with Gasteiger partial charge in [-0.2, -0.15) is 0 Å². The Morgan fingerprint density at radius 3 is 3.06 bits per heavy atom. The van der Waals surface area contributed by atoms with Crippen LogP contribution in [0.1, 0.15) is 45.4 Å². The van der Waals surface area contributed by atoms with Crippen molar-refractivity contribution >= 4 is 5.91 Å². The normalized spacial score (nSPS) is 32.9. The summed E-state index contributed by atoms with van der Waals surface area (Å²) >= 11 is 0. The molecule has 17 heavy (non-hydrogen) atoms. The molecule has 98 valence electrons. The standard InChI is InChI=1S/C13H24N2O2/c1-13(7-3-9-17-13)10-15-12(16)6-5-11-4-2-8-14-11/h11,14H,2-10H2,1H3,(H,15,16). The summed E-state index contributed by atoms with van der Waals surface area (Å²) in [6, 6.07) is 0.555. The predicted octanol–water partition coefficient (Wildman–Crippen LogP) is 1.20. The third-order valence-corrected chi connectivity index (χ3v) is 3.84. The summed E-state index contributed by atoms with van der Waals surface area (Å²) < 4.78 is 5.64. The Hall–Kier alpha value is -0.610. The van der Waals surface area contributed by atoms with Gasteiger partial charge in [-0.25, -0.2) is 0 Å². The van der Waals surface area contributed by atoms with Crippen LogP contribution >= 0.6 is 0 Å². The van der Waals surface area contributed by atoms with Gasteiger partial charge in [0.05, 0.1) is 5.60 Å². The van der Waals surface area contributed by atoms with E-state index in [1.807, 2.05) is 0 Å². The van der Waals surface area contributed by atoms with Crippen LogP contribution in [0.25, 0.3) is 0 Å². The minimum Gasteiger partial charge on any atom is -0.373 e. The molecular weight excluding hydrogens is 216 g/mol. The lowest BCUT2D eigenvalue weighted by atomic mass is 10.0. The van der Waals surface area contributed by atoms with Gasteiger partial charge < -0.3 is 15.4 Å². The van der Waals surface area contributed by atoms with Gasteiger partial charge in [-0.05, 0) is 45.6 Å². The fourth-order valence-electron chi connectivity index (χ4n) is 2.66. The maximum Gasteiger partial charge on any atom is 0.220 e. The van der Waals surface area contributed by atoms with Crippen LogP contribution in [-0.2, 0) is 9.53 Å². The van der Waals surface area contributed by atoms with Crippen molar-refractivity contribution in [2.45, 2.75) is 57.1 Å². The Bertz CT molecular complexity index is 256. The summed E-state index contributed by atoms with van der Waals surface area (Å²) in [5, 5.41) is 6.41. The molecule has 0 bridgehead atoms. The van der Waals surface area contributed by atoms with Crippen LogP contribution in [0.3, 0.4) is 0 Å². The number of ether oxygens (including phenoxy) is 1. The molecule has 2 fully saturated rings. The van der Waals surface area contributed by atoms with Gasteiger partial charge in [0.1, 0.15) is 0 Å². The van der Waals surface area contributed by atoms with E-state index in [9.17, 15) is 4.79 Å². The number of nitrogens with one attached hydrogen (secondary N) is 2. The molecule has 0 aliphatic carbocycles. The predicted molar refractivity (Wildman–Crippen MR) is 66.9 cm³/mol. The van der Waals surface area contributed by atoms with E-state index in [2.05, 4.69) is 17.6 Å². The Balaban J connectivity index is 1.60. The molecule has 0 aromatic rings. The molecule has 0 radical (unpaired) electrons. The highest BCUT2D eigenvalue weighted by molar-refractivity contribution is 5.75. The number of carbonyl (C=O) groups is 1. The molecule has 2 unspecified atom stereocenters. The van der Waals surface area contributed by atoms with Crippen molar-refractivity contribution in [1.29, 1.82) is 0 Å². The fourth-order valence-corrected chi connectivity index (χ4v) is 2.66. The molecule has 4 nitrogen and oxygen atoms in total. The molecule has 0 aromatic carbocycles. The van der Waals surface area contributed by atoms with Gasteiger partial charge in [0, 0.05) is 25.6 Å². The first-order chi connectivity index (χ1) is 8.18. The smallest absolute Gasteiger partial charge is 0.220 e. The van der Waals surface area contributed by atoms with Crippen molar-refractivity contribution < 1.29 is 9.53 Å². The summed E-state index contributed by atoms with van der Waals surface area (Å²) in [6.07, 6.45) is 6.22. The van der Waals surface area contributed by atoms with Crippen molar-refractivity contribution in [3.05, 3.63) is 0 Å². The Labute approximate surface area is 103 Å². The summed E-state index contributed by atoms with van der Waals surface area (Å²) in [4.78, 5) is 11.7. The lowest BCUT2D eigenvalue weighted by Crippen LogP contribution is -2.40. The molecule has 2 N–H and O–H groups in total. The second kappa shape index (κ2) is 5.83. The second-order valence-corrected chi connectivity index (χ2v) is 5.51. The van der Waals surface area contributed by atoms with Crippen LogP contribution in [-0.4, -0.2) is 37.2 Å². The van der Waals surface area contributed by atoms with E-state index in [0.717, 1.165) is 32.4 Å². The van der Waals surface area contributed by atoms with Gasteiger partial charge >= 0.3 is 0 Å². The van der Waals surface area contributed by atoms with Crippen LogP contribution in [0.4, 0.5) is 0 Å². The number of amides is 1. The first kappa shape index (κ1) is 12.8. The van der Waals surface area contributed by atoms with Crippen molar-refractivity contribution in [3.63, 3.8) is 0 Å². The van der Waals surface area contributed by atoms with E-state index in [0.29, 0.717) is 19.0 Å². The van der Waals surface area contributed by atoms with Crippen molar-refractivity contribution in [2.24, 2.45) is 0 Å². The molecule has 0 spiro atoms. The van der Waals surface area contributed by atoms with Crippen molar-refractivity contribution in [2.75, 3.05) is 19.7 Å². The molecule has 4 heteroatoms. The second-order valence-electron chi connectivity index (χ2n) is 5.51. The fraction of sp³-hybridized carbons (Fsp3) is 0.923. The molecule has 2 saturated heterocycles. The number of rotatable bonds is 5. The lowest BCUT2D eigenvalue weighted by molar-refractivity contribution is -0.122. The average molecular weight is 240 g/mol. The first-order valence-corrected chi connectivity index (χ1v) is 6.82. The average Bonchev–Trinajstić information content (AvgIpc) is 2.95. The monoisotopic (exact) mass is 240 g/mol. The summed E-state index contributed by atoms with van der Waals surface area (Å²) in [6.45, 7) is 4.68. The SMILES string of the molecule is CC1(CNC(=O)CCC2CCCN2)CCCO1. The quantitative estimate of drug-likeness (QED) is 0.759. The highest BCUT2D eigenvalue weighted by atomic mass is 16.5. The highest BCUT2D eigenvalue weighted by Gasteiger charge is 2.30. The van der Waals surface area contributed by atoms with Crippen LogP contribution in [0, 0.1) is 0 Å². The van der Waals surface area contributed by atoms with Gasteiger partial charge in [-0.1, -0.05) is 0 Å². The molecule has 2 atom stereocenters. The Morgan fingerprint density at radius 2 is 2.41 bits per heavy atom. The Kier molecular flexibility index (Phi) is 4.40. The van der Waals surface area contributed by atoms with E-state index >= 15 is 0 Å². The lowest BCUT2D eigenvalue weighted by Gasteiger charge is -2.23. The van der Waals surface area contributed by atoms with Gasteiger partial charge in [-0.3, -0.25) is 4.79 Å². The minimum absolute atomic E-state index is 0.124. The molecule has 0 saturated carbocycles. The molecule has 0 aromatic heterocycles. The summed E-state index contributed by atoms with van der Waals surface area (Å²) in [5.74, 6) is 0.162. The summed E-state index contributed by atoms with van der Waals surface area (Å²) in [7, 11) is 0. The highest BCUT2D eigenvalue weighted by Crippen LogP contribution is 2.23. The van der Waals surface area contributed by atoms with Crippen molar-refractivity contribution in [1.82, 2.24) is 10.6 Å². The largest absolute Gasteiger partial charge is 0.373 e. The number of hydrogen-bond donors (Lipinski definition) is 2. The van der Waals surface area contributed by atoms with E-state index in [-0.39, 0.29) is 11.5 Å². The molecule has 2 rings (SSSR count). The van der Waals surface area contributed by atoms with Gasteiger partial charge in [0.25, 0.3) is 0 Å². The zero-order valence-corrected chi connectivity index (χ0v) is 10.8. The summed E-state index contributed by atoms with van der Waals surface area (Å²) in [5.41, 5.74) is -0.124. The third-order valence-electron chi connectivity index (χ3n) is 3.84. The number of hydrogen-bond acceptors (Lipinski definition) is 3. The van der Waals surface area contributed by atoms with Gasteiger partial charge in [-0.15, -0.1) is 0 Å². The maximum absolute atomic E-state index is 11.7. The topological polar surface area (TPSA) is 50.4 Å². The zero-order chi connectivity index (χ0) is 12.1. The van der Waals surface area contributed by atoms with E-state index in [1.165, 1.54) is 12.8 Å². The minimum atomic E-state index is -0.124. The van der Waals surface area contributed by atoms with E-state index in [4.69, 9.17) is 4.74 Å². The molecule has 2 aliphatic heterocycles. The van der Waals surface area contributed by atoms with E-state index in [1.54, 1.807) is 0 Å². The van der Waals surface area contributed by atoms with Crippen LogP contribution in [0.5, 0.6) is 0 Å². The van der Waals surface area contributed by atoms with E-state index < -0.39 is 0 Å².